The highest BCUT2D eigenvalue weighted by Gasteiger charge is 2.22. The van der Waals surface area contributed by atoms with Crippen LogP contribution in [-0.2, 0) is 4.74 Å². The number of nitrogens with zero attached hydrogens (tertiary/aromatic N) is 2. The van der Waals surface area contributed by atoms with Gasteiger partial charge in [0.2, 0.25) is 0 Å². The average Bonchev–Trinajstić information content (AvgIpc) is 2.63. The van der Waals surface area contributed by atoms with Gasteiger partial charge < -0.3 is 4.74 Å². The molecule has 0 aliphatic heterocycles. The van der Waals surface area contributed by atoms with Gasteiger partial charge in [0.05, 0.1) is 0 Å². The highest BCUT2D eigenvalue weighted by molar-refractivity contribution is 5.67. The van der Waals surface area contributed by atoms with Gasteiger partial charge in [0.15, 0.2) is 0 Å². The van der Waals surface area contributed by atoms with E-state index in [1.165, 1.54) is 0 Å². The van der Waals surface area contributed by atoms with Gasteiger partial charge >= 0.3 is 6.09 Å². The second-order valence-electron chi connectivity index (χ2n) is 5.32. The van der Waals surface area contributed by atoms with Gasteiger partial charge in [-0.1, -0.05) is 13.8 Å². The molecular weight excluding hydrogens is 218 g/mol. The van der Waals surface area contributed by atoms with Crippen molar-refractivity contribution in [3.05, 3.63) is 18.5 Å². The molecule has 5 heteroatoms. The van der Waals surface area contributed by atoms with Crippen molar-refractivity contribution in [2.24, 2.45) is 5.92 Å². The molecule has 0 radical (unpaired) electrons. The van der Waals surface area contributed by atoms with Gasteiger partial charge in [-0.25, -0.2) is 9.48 Å². The molecule has 0 bridgehead atoms. The number of carbonyl (C=O) groups excluding carboxylic acids is 1. The van der Waals surface area contributed by atoms with Crippen molar-refractivity contribution < 1.29 is 9.53 Å². The smallest absolute Gasteiger partial charge is 0.409 e. The zero-order chi connectivity index (χ0) is 13.1. The monoisotopic (exact) mass is 239 g/mol. The number of amides is 1. The fourth-order valence-corrected chi connectivity index (χ4v) is 1.41. The van der Waals surface area contributed by atoms with Crippen molar-refractivity contribution in [1.82, 2.24) is 15.1 Å². The molecule has 1 atom stereocenters. The minimum Gasteiger partial charge on any atom is -0.444 e. The summed E-state index contributed by atoms with van der Waals surface area (Å²) < 4.78 is 6.94. The van der Waals surface area contributed by atoms with Crippen LogP contribution in [0.4, 0.5) is 4.79 Å². The molecule has 1 N–H and O–H groups in total. The molecule has 0 saturated heterocycles. The highest BCUT2D eigenvalue weighted by Crippen LogP contribution is 2.14. The van der Waals surface area contributed by atoms with Crippen LogP contribution in [0.3, 0.4) is 0 Å². The molecule has 1 unspecified atom stereocenters. The summed E-state index contributed by atoms with van der Waals surface area (Å²) in [6.45, 7) is 9.55. The van der Waals surface area contributed by atoms with Crippen LogP contribution in [-0.4, -0.2) is 21.5 Å². The number of ether oxygens (including phenoxy) is 1. The molecule has 0 spiro atoms. The Morgan fingerprint density at radius 2 is 2.06 bits per heavy atom. The minimum absolute atomic E-state index is 0.195. The van der Waals surface area contributed by atoms with E-state index < -0.39 is 11.7 Å². The van der Waals surface area contributed by atoms with Crippen LogP contribution in [0, 0.1) is 5.92 Å². The zero-order valence-electron chi connectivity index (χ0n) is 11.1. The van der Waals surface area contributed by atoms with Crippen molar-refractivity contribution in [3.8, 4) is 0 Å². The molecule has 0 aliphatic rings. The van der Waals surface area contributed by atoms with Gasteiger partial charge in [0, 0.05) is 12.4 Å². The van der Waals surface area contributed by atoms with E-state index >= 15 is 0 Å². The van der Waals surface area contributed by atoms with E-state index in [9.17, 15) is 4.79 Å². The topological polar surface area (TPSA) is 56.1 Å². The Hall–Kier alpha value is -1.52. The number of hydrogen-bond donors (Lipinski definition) is 1. The maximum absolute atomic E-state index is 11.7. The predicted octanol–water partition coefficient (Wildman–Crippen LogP) is 2.56. The van der Waals surface area contributed by atoms with Gasteiger partial charge in [0.25, 0.3) is 0 Å². The number of carbonyl (C=O) groups is 1. The van der Waals surface area contributed by atoms with Gasteiger partial charge in [0.1, 0.15) is 11.8 Å². The lowest BCUT2D eigenvalue weighted by atomic mass is 10.1. The molecule has 1 amide bonds. The normalized spacial score (nSPS) is 13.5. The Morgan fingerprint density at radius 1 is 1.41 bits per heavy atom. The van der Waals surface area contributed by atoms with E-state index in [4.69, 9.17) is 4.74 Å². The van der Waals surface area contributed by atoms with Crippen molar-refractivity contribution in [2.75, 3.05) is 0 Å². The van der Waals surface area contributed by atoms with Crippen LogP contribution in [0.1, 0.15) is 40.8 Å². The first-order valence-corrected chi connectivity index (χ1v) is 5.78. The number of rotatable bonds is 3. The van der Waals surface area contributed by atoms with Crippen LogP contribution in [0.25, 0.3) is 0 Å². The number of nitrogens with one attached hydrogen (secondary N) is 1. The molecule has 0 aromatic carbocycles. The predicted molar refractivity (Wildman–Crippen MR) is 65.5 cm³/mol. The quantitative estimate of drug-likeness (QED) is 0.882. The van der Waals surface area contributed by atoms with Crippen LogP contribution in [0.5, 0.6) is 0 Å². The largest absolute Gasteiger partial charge is 0.444 e. The Bertz CT molecular complexity index is 352. The molecular formula is C12H21N3O2. The first-order valence-electron chi connectivity index (χ1n) is 5.78. The summed E-state index contributed by atoms with van der Waals surface area (Å²) in [5, 5.41) is 6.95. The maximum atomic E-state index is 11.7. The number of hydrogen-bond acceptors (Lipinski definition) is 3. The third-order valence-corrected chi connectivity index (χ3v) is 2.11. The summed E-state index contributed by atoms with van der Waals surface area (Å²) in [5.41, 5.74) is -0.490. The standard InChI is InChI=1S/C12H21N3O2/c1-9(2)10(15-8-6-7-13-15)14-11(16)17-12(3,4)5/h6-10H,1-5H3,(H,14,16). The second kappa shape index (κ2) is 5.21. The Balaban J connectivity index is 2.66. The van der Waals surface area contributed by atoms with Gasteiger partial charge in [-0.05, 0) is 32.8 Å². The molecule has 96 valence electrons. The average molecular weight is 239 g/mol. The summed E-state index contributed by atoms with van der Waals surface area (Å²) in [6.07, 6.45) is 2.89. The summed E-state index contributed by atoms with van der Waals surface area (Å²) in [6, 6.07) is 1.83. The van der Waals surface area contributed by atoms with Crippen LogP contribution in [0.2, 0.25) is 0 Å². The lowest BCUT2D eigenvalue weighted by Crippen LogP contribution is -2.39. The van der Waals surface area contributed by atoms with Crippen LogP contribution < -0.4 is 5.32 Å². The molecule has 1 heterocycles. The SMILES string of the molecule is CC(C)C(NC(=O)OC(C)(C)C)n1cccn1. The molecule has 17 heavy (non-hydrogen) atoms. The van der Waals surface area contributed by atoms with E-state index in [1.807, 2.05) is 46.9 Å². The highest BCUT2D eigenvalue weighted by atomic mass is 16.6. The molecule has 1 aromatic heterocycles. The Labute approximate surface area is 102 Å². The zero-order valence-corrected chi connectivity index (χ0v) is 11.1. The van der Waals surface area contributed by atoms with Crippen LogP contribution in [0.15, 0.2) is 18.5 Å². The molecule has 1 aromatic rings. The number of alkyl carbamates (subject to hydrolysis) is 1. The summed E-state index contributed by atoms with van der Waals surface area (Å²) >= 11 is 0. The van der Waals surface area contributed by atoms with Crippen molar-refractivity contribution in [1.29, 1.82) is 0 Å². The van der Waals surface area contributed by atoms with Gasteiger partial charge in [-0.15, -0.1) is 0 Å². The van der Waals surface area contributed by atoms with E-state index in [2.05, 4.69) is 10.4 Å². The third kappa shape index (κ3) is 4.46. The maximum Gasteiger partial charge on any atom is 0.409 e. The third-order valence-electron chi connectivity index (χ3n) is 2.11. The molecule has 0 fully saturated rings. The molecule has 5 nitrogen and oxygen atoms in total. The second-order valence-corrected chi connectivity index (χ2v) is 5.32. The minimum atomic E-state index is -0.490. The van der Waals surface area contributed by atoms with Crippen LogP contribution >= 0.6 is 0 Å². The van der Waals surface area contributed by atoms with E-state index in [1.54, 1.807) is 10.9 Å². The molecule has 0 saturated carbocycles. The summed E-state index contributed by atoms with van der Waals surface area (Å²) in [4.78, 5) is 11.7. The Morgan fingerprint density at radius 3 is 2.47 bits per heavy atom. The first kappa shape index (κ1) is 13.5. The fraction of sp³-hybridized carbons (Fsp3) is 0.667. The van der Waals surface area contributed by atoms with E-state index in [0.717, 1.165) is 0 Å². The van der Waals surface area contributed by atoms with Gasteiger partial charge in [-0.2, -0.15) is 5.10 Å². The van der Waals surface area contributed by atoms with E-state index in [-0.39, 0.29) is 12.1 Å². The van der Waals surface area contributed by atoms with Gasteiger partial charge in [-0.3, -0.25) is 5.32 Å². The molecule has 0 aliphatic carbocycles. The fourth-order valence-electron chi connectivity index (χ4n) is 1.41. The number of aromatic nitrogens is 2. The lowest BCUT2D eigenvalue weighted by Gasteiger charge is -2.25. The summed E-state index contributed by atoms with van der Waals surface area (Å²) in [7, 11) is 0. The first-order chi connectivity index (χ1) is 7.79. The van der Waals surface area contributed by atoms with Crippen molar-refractivity contribution in [2.45, 2.75) is 46.4 Å². The van der Waals surface area contributed by atoms with E-state index in [0.29, 0.717) is 0 Å². The van der Waals surface area contributed by atoms with Crippen molar-refractivity contribution in [3.63, 3.8) is 0 Å². The Kier molecular flexibility index (Phi) is 4.15. The summed E-state index contributed by atoms with van der Waals surface area (Å²) in [5.74, 6) is 0.224. The lowest BCUT2D eigenvalue weighted by molar-refractivity contribution is 0.0452. The molecule has 1 rings (SSSR count). The van der Waals surface area contributed by atoms with Crippen molar-refractivity contribution >= 4 is 6.09 Å².